The number of sulfone groups is 1. The van der Waals surface area contributed by atoms with E-state index in [4.69, 9.17) is 21.7 Å². The molecule has 8 nitrogen and oxygen atoms in total. The van der Waals surface area contributed by atoms with E-state index in [1.54, 1.807) is 33.0 Å². The van der Waals surface area contributed by atoms with Crippen molar-refractivity contribution < 1.29 is 8.42 Å². The summed E-state index contributed by atoms with van der Waals surface area (Å²) in [5, 5.41) is 8.38. The van der Waals surface area contributed by atoms with E-state index >= 15 is 0 Å². The number of rotatable bonds is 7. The molecule has 0 unspecified atom stereocenters. The first-order valence-electron chi connectivity index (χ1n) is 12.2. The smallest absolute Gasteiger partial charge is 0.228 e. The number of hydrogen-bond acceptors (Lipinski definition) is 7. The maximum absolute atomic E-state index is 12.7. The molecular formula is C26H35ClN6O2S. The molecule has 0 radical (unpaired) electrons. The van der Waals surface area contributed by atoms with Crippen molar-refractivity contribution in [3.05, 3.63) is 64.1 Å². The van der Waals surface area contributed by atoms with Crippen molar-refractivity contribution in [3.8, 4) is 0 Å². The van der Waals surface area contributed by atoms with Crippen LogP contribution in [0.5, 0.6) is 0 Å². The number of aromatic nitrogens is 4. The van der Waals surface area contributed by atoms with Crippen molar-refractivity contribution in [2.24, 2.45) is 0 Å². The van der Waals surface area contributed by atoms with Crippen LogP contribution in [0.4, 0.5) is 11.8 Å². The Bertz CT molecular complexity index is 1320. The average molecular weight is 531 g/mol. The molecule has 1 fully saturated rings. The van der Waals surface area contributed by atoms with Crippen LogP contribution >= 0.6 is 11.6 Å². The molecule has 10 heteroatoms. The molecular weight excluding hydrogens is 496 g/mol. The lowest BCUT2D eigenvalue weighted by Gasteiger charge is -2.28. The van der Waals surface area contributed by atoms with E-state index in [-0.39, 0.29) is 5.75 Å². The molecule has 4 rings (SSSR count). The highest BCUT2D eigenvalue weighted by Crippen LogP contribution is 2.27. The Labute approximate surface area is 219 Å². The molecule has 0 atom stereocenters. The topological polar surface area (TPSA) is 93.0 Å². The molecule has 0 spiro atoms. The van der Waals surface area contributed by atoms with Crippen molar-refractivity contribution in [1.29, 1.82) is 0 Å². The first-order chi connectivity index (χ1) is 16.9. The number of anilines is 2. The van der Waals surface area contributed by atoms with Crippen LogP contribution in [0.3, 0.4) is 0 Å². The van der Waals surface area contributed by atoms with E-state index in [2.05, 4.69) is 22.2 Å². The molecule has 1 aliphatic rings. The fourth-order valence-corrected chi connectivity index (χ4v) is 5.51. The average Bonchev–Trinajstić information content (AvgIpc) is 3.26. The highest BCUT2D eigenvalue weighted by molar-refractivity contribution is 7.91. The second-order valence-corrected chi connectivity index (χ2v) is 13.8. The normalized spacial score (nSPS) is 15.8. The molecule has 3 aromatic rings. The Morgan fingerprint density at radius 2 is 1.89 bits per heavy atom. The second kappa shape index (κ2) is 10.5. The minimum atomic E-state index is -3.35. The number of benzene rings is 1. The zero-order chi connectivity index (χ0) is 26.1. The lowest BCUT2D eigenvalue weighted by atomic mass is 10.0. The summed E-state index contributed by atoms with van der Waals surface area (Å²) in [6.45, 7) is 9.23. The third-order valence-corrected chi connectivity index (χ3v) is 9.67. The molecule has 1 aliphatic heterocycles. The lowest BCUT2D eigenvalue weighted by molar-refractivity contribution is 0.212. The SMILES string of the molecule is Cc1cnc(Nc2ccn(C3CCN(C)CC3)n2)nc1Cc1ccc(Cl)c(CS(=O)(=O)C(C)(C)C)c1. The zero-order valence-electron chi connectivity index (χ0n) is 21.6. The minimum absolute atomic E-state index is 0.0985. The maximum atomic E-state index is 12.7. The predicted octanol–water partition coefficient (Wildman–Crippen LogP) is 4.95. The van der Waals surface area contributed by atoms with Gasteiger partial charge in [-0.05, 0) is 83.4 Å². The number of likely N-dealkylation sites (tertiary alicyclic amines) is 1. The molecule has 1 N–H and O–H groups in total. The van der Waals surface area contributed by atoms with Crippen LogP contribution in [-0.4, -0.2) is 58.0 Å². The van der Waals surface area contributed by atoms with E-state index in [1.165, 1.54) is 0 Å². The standard InChI is InChI=1S/C26H35ClN6O2S/c1-18-16-28-25(30-24-10-13-33(31-24)21-8-11-32(5)12-9-21)29-23(18)15-19-6-7-22(27)20(14-19)17-36(34,35)26(2,3)4/h6-7,10,13-14,16,21H,8-9,11-12,15,17H2,1-5H3,(H,28,29,30,31). The van der Waals surface area contributed by atoms with E-state index in [9.17, 15) is 8.42 Å². The third-order valence-electron chi connectivity index (χ3n) is 6.75. The van der Waals surface area contributed by atoms with Gasteiger partial charge in [-0.25, -0.2) is 18.4 Å². The third kappa shape index (κ3) is 6.25. The van der Waals surface area contributed by atoms with Crippen LogP contribution in [0.15, 0.2) is 36.7 Å². The van der Waals surface area contributed by atoms with Gasteiger partial charge in [-0.15, -0.1) is 0 Å². The van der Waals surface area contributed by atoms with Gasteiger partial charge in [-0.2, -0.15) is 5.10 Å². The molecule has 1 saturated heterocycles. The Balaban J connectivity index is 1.49. The van der Waals surface area contributed by atoms with Crippen molar-refractivity contribution >= 4 is 33.2 Å². The summed E-state index contributed by atoms with van der Waals surface area (Å²) < 4.78 is 26.7. The van der Waals surface area contributed by atoms with E-state index < -0.39 is 14.6 Å². The number of nitrogens with one attached hydrogen (secondary N) is 1. The Morgan fingerprint density at radius 3 is 2.58 bits per heavy atom. The van der Waals surface area contributed by atoms with Crippen LogP contribution in [0.2, 0.25) is 5.02 Å². The van der Waals surface area contributed by atoms with Crippen molar-refractivity contribution in [2.45, 2.75) is 63.5 Å². The highest BCUT2D eigenvalue weighted by Gasteiger charge is 2.29. The number of piperidine rings is 1. The summed E-state index contributed by atoms with van der Waals surface area (Å²) in [6, 6.07) is 7.89. The van der Waals surface area contributed by atoms with Crippen LogP contribution in [-0.2, 0) is 22.0 Å². The summed E-state index contributed by atoms with van der Waals surface area (Å²) in [4.78, 5) is 11.5. The van der Waals surface area contributed by atoms with E-state index in [0.717, 1.165) is 42.8 Å². The van der Waals surface area contributed by atoms with Crippen LogP contribution in [0.25, 0.3) is 0 Å². The number of aryl methyl sites for hydroxylation is 1. The number of nitrogens with zero attached hydrogens (tertiary/aromatic N) is 5. The van der Waals surface area contributed by atoms with Gasteiger partial charge < -0.3 is 10.2 Å². The first-order valence-corrected chi connectivity index (χ1v) is 14.3. The van der Waals surface area contributed by atoms with Gasteiger partial charge in [0.1, 0.15) is 0 Å². The largest absolute Gasteiger partial charge is 0.307 e. The monoisotopic (exact) mass is 530 g/mol. The summed E-state index contributed by atoms with van der Waals surface area (Å²) in [5.41, 5.74) is 3.36. The summed E-state index contributed by atoms with van der Waals surface area (Å²) in [7, 11) is -1.20. The molecule has 0 amide bonds. The fourth-order valence-electron chi connectivity index (χ4n) is 4.16. The van der Waals surface area contributed by atoms with Gasteiger partial charge in [-0.3, -0.25) is 4.68 Å². The number of halogens is 1. The molecule has 1 aromatic carbocycles. The zero-order valence-corrected chi connectivity index (χ0v) is 23.2. The molecule has 3 heterocycles. The van der Waals surface area contributed by atoms with Crippen LogP contribution in [0, 0.1) is 6.92 Å². The Hall–Kier alpha value is -2.49. The maximum Gasteiger partial charge on any atom is 0.228 e. The highest BCUT2D eigenvalue weighted by atomic mass is 35.5. The predicted molar refractivity (Wildman–Crippen MR) is 145 cm³/mol. The minimum Gasteiger partial charge on any atom is -0.307 e. The van der Waals surface area contributed by atoms with Crippen LogP contribution < -0.4 is 5.32 Å². The lowest BCUT2D eigenvalue weighted by Crippen LogP contribution is -2.31. The molecule has 0 bridgehead atoms. The molecule has 0 aliphatic carbocycles. The Kier molecular flexibility index (Phi) is 7.73. The Morgan fingerprint density at radius 1 is 1.17 bits per heavy atom. The van der Waals surface area contributed by atoms with Gasteiger partial charge >= 0.3 is 0 Å². The summed E-state index contributed by atoms with van der Waals surface area (Å²) >= 11 is 6.36. The molecule has 2 aromatic heterocycles. The number of hydrogen-bond donors (Lipinski definition) is 1. The molecule has 36 heavy (non-hydrogen) atoms. The summed E-state index contributed by atoms with van der Waals surface area (Å²) in [6.07, 6.45) is 6.51. The van der Waals surface area contributed by atoms with Crippen LogP contribution in [0.1, 0.15) is 62.0 Å². The van der Waals surface area contributed by atoms with Crippen molar-refractivity contribution in [3.63, 3.8) is 0 Å². The van der Waals surface area contributed by atoms with E-state index in [0.29, 0.717) is 34.8 Å². The molecule has 194 valence electrons. The van der Waals surface area contributed by atoms with Gasteiger partial charge in [0.2, 0.25) is 5.95 Å². The quantitative estimate of drug-likeness (QED) is 0.462. The van der Waals surface area contributed by atoms with Gasteiger partial charge in [0.25, 0.3) is 0 Å². The fraction of sp³-hybridized carbons (Fsp3) is 0.500. The van der Waals surface area contributed by atoms with Crippen molar-refractivity contribution in [2.75, 3.05) is 25.5 Å². The summed E-state index contributed by atoms with van der Waals surface area (Å²) in [5.74, 6) is 1.09. The van der Waals surface area contributed by atoms with Gasteiger partial charge in [0.05, 0.1) is 22.2 Å². The van der Waals surface area contributed by atoms with Gasteiger partial charge in [-0.1, -0.05) is 23.7 Å². The van der Waals surface area contributed by atoms with Gasteiger partial charge in [0, 0.05) is 29.9 Å². The second-order valence-electron chi connectivity index (χ2n) is 10.6. The first kappa shape index (κ1) is 26.6. The van der Waals surface area contributed by atoms with Gasteiger partial charge in [0.15, 0.2) is 15.7 Å². The van der Waals surface area contributed by atoms with E-state index in [1.807, 2.05) is 36.0 Å². The molecule has 0 saturated carbocycles. The van der Waals surface area contributed by atoms with Crippen molar-refractivity contribution in [1.82, 2.24) is 24.6 Å².